The van der Waals surface area contributed by atoms with Crippen molar-refractivity contribution >= 4 is 21.7 Å². The van der Waals surface area contributed by atoms with Gasteiger partial charge in [-0.15, -0.1) is 0 Å². The Kier molecular flexibility index (Phi) is 3.85. The van der Waals surface area contributed by atoms with Crippen LogP contribution in [0.1, 0.15) is 23.8 Å². The summed E-state index contributed by atoms with van der Waals surface area (Å²) >= 11 is 0. The fraction of sp³-hybridized carbons (Fsp3) is 0.409. The molecule has 2 atom stereocenters. The van der Waals surface area contributed by atoms with Gasteiger partial charge in [-0.2, -0.15) is 5.26 Å². The summed E-state index contributed by atoms with van der Waals surface area (Å²) < 4.78 is 18.1. The monoisotopic (exact) mass is 362 g/mol. The van der Waals surface area contributed by atoms with Crippen molar-refractivity contribution in [3.8, 4) is 11.8 Å². The largest absolute Gasteiger partial charge is 0.474 e. The van der Waals surface area contributed by atoms with Crippen LogP contribution in [0.4, 0.5) is 0 Å². The first-order valence-corrected chi connectivity index (χ1v) is 9.54. The zero-order chi connectivity index (χ0) is 18.5. The van der Waals surface area contributed by atoms with Crippen molar-refractivity contribution in [1.82, 2.24) is 4.90 Å². The van der Waals surface area contributed by atoms with Crippen molar-refractivity contribution < 1.29 is 13.9 Å². The zero-order valence-corrected chi connectivity index (χ0v) is 15.6. The molecule has 5 rings (SSSR count). The van der Waals surface area contributed by atoms with E-state index in [2.05, 4.69) is 24.0 Å². The Labute approximate surface area is 158 Å². The highest BCUT2D eigenvalue weighted by Crippen LogP contribution is 2.46. The molecule has 2 aliphatic heterocycles. The number of nitriles is 1. The van der Waals surface area contributed by atoms with Gasteiger partial charge in [0.05, 0.1) is 13.2 Å². The maximum atomic E-state index is 9.47. The Balaban J connectivity index is 1.74. The van der Waals surface area contributed by atoms with Crippen LogP contribution in [-0.2, 0) is 11.2 Å². The second-order valence-electron chi connectivity index (χ2n) is 7.56. The van der Waals surface area contributed by atoms with Gasteiger partial charge in [-0.05, 0) is 13.3 Å². The molecule has 1 fully saturated rings. The third-order valence-corrected chi connectivity index (χ3v) is 5.90. The molecular weight excluding hydrogens is 340 g/mol. The second kappa shape index (κ2) is 6.26. The van der Waals surface area contributed by atoms with Crippen LogP contribution >= 0.6 is 0 Å². The van der Waals surface area contributed by atoms with Gasteiger partial charge in [-0.3, -0.25) is 4.90 Å². The number of hydrogen-bond donors (Lipinski definition) is 0. The highest BCUT2D eigenvalue weighted by molar-refractivity contribution is 6.11. The molecule has 5 heteroatoms. The van der Waals surface area contributed by atoms with E-state index in [1.807, 2.05) is 25.1 Å². The van der Waals surface area contributed by atoms with Crippen molar-refractivity contribution in [3.05, 3.63) is 41.2 Å². The number of morpholine rings is 1. The molecule has 27 heavy (non-hydrogen) atoms. The van der Waals surface area contributed by atoms with Gasteiger partial charge in [-0.25, -0.2) is 0 Å². The third kappa shape index (κ3) is 2.44. The molecule has 0 spiro atoms. The molecule has 0 radical (unpaired) electrons. The van der Waals surface area contributed by atoms with Crippen LogP contribution in [0, 0.1) is 24.2 Å². The number of aryl methyl sites for hydroxylation is 1. The van der Waals surface area contributed by atoms with E-state index in [9.17, 15) is 5.26 Å². The third-order valence-electron chi connectivity index (χ3n) is 5.90. The Morgan fingerprint density at radius 1 is 1.15 bits per heavy atom. The number of benzene rings is 2. The summed E-state index contributed by atoms with van der Waals surface area (Å²) in [6.45, 7) is 7.52. The lowest BCUT2D eigenvalue weighted by Crippen LogP contribution is -2.51. The number of furan rings is 1. The van der Waals surface area contributed by atoms with Gasteiger partial charge in [0.25, 0.3) is 0 Å². The minimum Gasteiger partial charge on any atom is -0.474 e. The van der Waals surface area contributed by atoms with E-state index in [4.69, 9.17) is 13.9 Å². The summed E-state index contributed by atoms with van der Waals surface area (Å²) in [5.41, 5.74) is 2.89. The summed E-state index contributed by atoms with van der Waals surface area (Å²) in [5, 5.41) is 12.6. The van der Waals surface area contributed by atoms with Gasteiger partial charge in [0.2, 0.25) is 5.76 Å². The minimum absolute atomic E-state index is 0.0462. The topological polar surface area (TPSA) is 58.6 Å². The van der Waals surface area contributed by atoms with Gasteiger partial charge < -0.3 is 13.9 Å². The van der Waals surface area contributed by atoms with Crippen LogP contribution in [0.2, 0.25) is 0 Å². The van der Waals surface area contributed by atoms with E-state index in [0.29, 0.717) is 11.7 Å². The predicted molar refractivity (Wildman–Crippen MR) is 103 cm³/mol. The first kappa shape index (κ1) is 16.6. The molecule has 5 nitrogen and oxygen atoms in total. The average molecular weight is 362 g/mol. The molecule has 0 saturated carbocycles. The fourth-order valence-corrected chi connectivity index (χ4v) is 4.58. The molecule has 2 aromatic carbocycles. The smallest absolute Gasteiger partial charge is 0.207 e. The molecule has 1 saturated heterocycles. The van der Waals surface area contributed by atoms with Crippen LogP contribution < -0.4 is 4.74 Å². The molecule has 0 bridgehead atoms. The number of ether oxygens (including phenoxy) is 2. The molecule has 0 unspecified atom stereocenters. The molecule has 3 aromatic rings. The minimum atomic E-state index is 0.0462. The maximum Gasteiger partial charge on any atom is 0.207 e. The molecule has 3 heterocycles. The first-order chi connectivity index (χ1) is 13.2. The summed E-state index contributed by atoms with van der Waals surface area (Å²) in [5.74, 6) is 1.69. The van der Waals surface area contributed by atoms with Gasteiger partial charge in [0, 0.05) is 46.3 Å². The lowest BCUT2D eigenvalue weighted by atomic mass is 9.88. The molecular formula is C22H22N2O3. The fourth-order valence-electron chi connectivity index (χ4n) is 4.58. The zero-order valence-electron chi connectivity index (χ0n) is 15.6. The van der Waals surface area contributed by atoms with Gasteiger partial charge in [0.15, 0.2) is 6.23 Å². The SMILES string of the molecule is Cc1c(C#N)oc2c1c1c(c3ccccc32)O[C@H](N2CCOCC2)[C@@H](C)C1. The Bertz CT molecular complexity index is 1070. The second-order valence-corrected chi connectivity index (χ2v) is 7.56. The number of rotatable bonds is 1. The van der Waals surface area contributed by atoms with Crippen molar-refractivity contribution in [2.75, 3.05) is 26.3 Å². The van der Waals surface area contributed by atoms with Gasteiger partial charge in [-0.1, -0.05) is 31.2 Å². The standard InChI is InChI=1S/C22H22N2O3/c1-13-11-17-19-14(2)18(12-23)26-21(19)16-6-4-3-5-15(16)20(17)27-22(13)24-7-9-25-10-8-24/h3-6,13,22H,7-11H2,1-2H3/t13-,22-/m0/s1. The highest BCUT2D eigenvalue weighted by Gasteiger charge is 2.35. The highest BCUT2D eigenvalue weighted by atomic mass is 16.5. The molecule has 138 valence electrons. The quantitative estimate of drug-likeness (QED) is 0.655. The summed E-state index contributed by atoms with van der Waals surface area (Å²) in [7, 11) is 0. The Morgan fingerprint density at radius 2 is 1.89 bits per heavy atom. The predicted octanol–water partition coefficient (Wildman–Crippen LogP) is 4.00. The van der Waals surface area contributed by atoms with Crippen molar-refractivity contribution in [1.29, 1.82) is 5.26 Å². The molecule has 0 aliphatic carbocycles. The van der Waals surface area contributed by atoms with Crippen LogP contribution in [0.5, 0.6) is 5.75 Å². The molecule has 2 aliphatic rings. The summed E-state index contributed by atoms with van der Waals surface area (Å²) in [6, 6.07) is 10.4. The van der Waals surface area contributed by atoms with E-state index >= 15 is 0 Å². The number of hydrogen-bond acceptors (Lipinski definition) is 5. The average Bonchev–Trinajstić information content (AvgIpc) is 3.05. The normalized spacial score (nSPS) is 23.1. The van der Waals surface area contributed by atoms with E-state index < -0.39 is 0 Å². The van der Waals surface area contributed by atoms with Crippen molar-refractivity contribution in [2.45, 2.75) is 26.5 Å². The van der Waals surface area contributed by atoms with Gasteiger partial charge >= 0.3 is 0 Å². The van der Waals surface area contributed by atoms with Gasteiger partial charge in [0.1, 0.15) is 17.4 Å². The maximum absolute atomic E-state index is 9.47. The van der Waals surface area contributed by atoms with Crippen LogP contribution in [0.15, 0.2) is 28.7 Å². The molecule has 0 amide bonds. The lowest BCUT2D eigenvalue weighted by Gasteiger charge is -2.41. The Hall–Kier alpha value is -2.55. The lowest BCUT2D eigenvalue weighted by molar-refractivity contribution is -0.0736. The van der Waals surface area contributed by atoms with Crippen LogP contribution in [0.25, 0.3) is 21.7 Å². The number of fused-ring (bicyclic) bond motifs is 6. The van der Waals surface area contributed by atoms with Crippen LogP contribution in [-0.4, -0.2) is 37.4 Å². The van der Waals surface area contributed by atoms with Crippen LogP contribution in [0.3, 0.4) is 0 Å². The molecule has 0 N–H and O–H groups in total. The summed E-state index contributed by atoms with van der Waals surface area (Å²) in [6.07, 6.45) is 0.953. The van der Waals surface area contributed by atoms with E-state index in [0.717, 1.165) is 65.8 Å². The Morgan fingerprint density at radius 3 is 2.63 bits per heavy atom. The van der Waals surface area contributed by atoms with Crippen molar-refractivity contribution in [3.63, 3.8) is 0 Å². The van der Waals surface area contributed by atoms with E-state index in [1.165, 1.54) is 5.56 Å². The van der Waals surface area contributed by atoms with E-state index in [-0.39, 0.29) is 6.23 Å². The summed E-state index contributed by atoms with van der Waals surface area (Å²) in [4.78, 5) is 2.39. The number of nitrogens with zero attached hydrogens (tertiary/aromatic N) is 2. The molecule has 1 aromatic heterocycles. The van der Waals surface area contributed by atoms with Crippen molar-refractivity contribution in [2.24, 2.45) is 5.92 Å². The first-order valence-electron chi connectivity index (χ1n) is 9.54. The van der Waals surface area contributed by atoms with E-state index in [1.54, 1.807) is 0 Å².